The summed E-state index contributed by atoms with van der Waals surface area (Å²) in [6, 6.07) is 7.96. The number of hydrogen-bond acceptors (Lipinski definition) is 4. The first-order chi connectivity index (χ1) is 13.3. The highest BCUT2D eigenvalue weighted by atomic mass is 16.2. The van der Waals surface area contributed by atoms with Crippen LogP contribution in [0.15, 0.2) is 24.3 Å². The van der Waals surface area contributed by atoms with Crippen LogP contribution in [0.1, 0.15) is 47.0 Å². The Bertz CT molecular complexity index is 1090. The molecular formula is C20H22N6O2. The maximum absolute atomic E-state index is 12.7. The first-order valence-electron chi connectivity index (χ1n) is 9.45. The second kappa shape index (κ2) is 5.67. The average Bonchev–Trinajstić information content (AvgIpc) is 3.17. The summed E-state index contributed by atoms with van der Waals surface area (Å²) < 4.78 is 0. The van der Waals surface area contributed by atoms with E-state index in [4.69, 9.17) is 0 Å². The lowest BCUT2D eigenvalue weighted by molar-refractivity contribution is -0.139. The van der Waals surface area contributed by atoms with Crippen molar-refractivity contribution in [1.82, 2.24) is 30.8 Å². The van der Waals surface area contributed by atoms with E-state index < -0.39 is 0 Å². The fourth-order valence-corrected chi connectivity index (χ4v) is 4.68. The number of carbonyl (C=O) groups excluding carboxylic acids is 2. The van der Waals surface area contributed by atoms with Gasteiger partial charge in [-0.1, -0.05) is 12.1 Å². The van der Waals surface area contributed by atoms with Gasteiger partial charge in [-0.15, -0.1) is 0 Å². The van der Waals surface area contributed by atoms with E-state index in [1.165, 1.54) is 0 Å². The van der Waals surface area contributed by atoms with Crippen LogP contribution in [0.4, 0.5) is 0 Å². The third kappa shape index (κ3) is 2.76. The van der Waals surface area contributed by atoms with Crippen LogP contribution in [0, 0.1) is 13.8 Å². The van der Waals surface area contributed by atoms with Gasteiger partial charge in [0.2, 0.25) is 5.91 Å². The number of aromatic amines is 2. The largest absolute Gasteiger partial charge is 0.351 e. The summed E-state index contributed by atoms with van der Waals surface area (Å²) in [7, 11) is 0. The third-order valence-corrected chi connectivity index (χ3v) is 5.80. The van der Waals surface area contributed by atoms with Crippen molar-refractivity contribution in [2.75, 3.05) is 0 Å². The van der Waals surface area contributed by atoms with Gasteiger partial charge < -0.3 is 15.6 Å². The number of nitrogens with zero attached hydrogens (tertiary/aromatic N) is 2. The number of carbonyl (C=O) groups is 2. The summed E-state index contributed by atoms with van der Waals surface area (Å²) in [5, 5.41) is 14.0. The van der Waals surface area contributed by atoms with Crippen LogP contribution < -0.4 is 10.6 Å². The number of hydrogen-bond donors (Lipinski definition) is 4. The summed E-state index contributed by atoms with van der Waals surface area (Å²) in [5.41, 5.74) is 2.31. The molecule has 2 amide bonds. The van der Waals surface area contributed by atoms with Crippen LogP contribution in [0.3, 0.4) is 0 Å². The molecule has 2 bridgehead atoms. The molecule has 28 heavy (non-hydrogen) atoms. The van der Waals surface area contributed by atoms with Crippen molar-refractivity contribution < 1.29 is 9.59 Å². The summed E-state index contributed by atoms with van der Waals surface area (Å²) in [5.74, 6) is 1.02. The molecule has 0 radical (unpaired) electrons. The molecule has 0 saturated heterocycles. The highest BCUT2D eigenvalue weighted by Crippen LogP contribution is 2.60. The number of aryl methyl sites for hydroxylation is 2. The first kappa shape index (κ1) is 17.0. The van der Waals surface area contributed by atoms with Crippen molar-refractivity contribution in [2.24, 2.45) is 0 Å². The number of amides is 2. The topological polar surface area (TPSA) is 116 Å². The summed E-state index contributed by atoms with van der Waals surface area (Å²) in [4.78, 5) is 32.2. The van der Waals surface area contributed by atoms with E-state index in [0.29, 0.717) is 17.3 Å². The van der Waals surface area contributed by atoms with Crippen molar-refractivity contribution in [2.45, 2.75) is 50.6 Å². The van der Waals surface area contributed by atoms with Gasteiger partial charge in [-0.3, -0.25) is 14.7 Å². The van der Waals surface area contributed by atoms with Crippen molar-refractivity contribution in [3.8, 4) is 0 Å². The second-order valence-electron chi connectivity index (χ2n) is 8.38. The van der Waals surface area contributed by atoms with E-state index in [0.717, 1.165) is 35.7 Å². The molecule has 3 aromatic rings. The number of H-pyrrole nitrogens is 2. The van der Waals surface area contributed by atoms with Crippen LogP contribution in [-0.2, 0) is 11.2 Å². The molecule has 3 fully saturated rings. The summed E-state index contributed by atoms with van der Waals surface area (Å²) in [6.07, 6.45) is 2.47. The minimum absolute atomic E-state index is 0.0791. The van der Waals surface area contributed by atoms with Gasteiger partial charge >= 0.3 is 0 Å². The van der Waals surface area contributed by atoms with E-state index in [2.05, 4.69) is 30.8 Å². The van der Waals surface area contributed by atoms with Gasteiger partial charge in [0.25, 0.3) is 5.91 Å². The number of aromatic nitrogens is 4. The van der Waals surface area contributed by atoms with Crippen molar-refractivity contribution >= 4 is 22.7 Å². The summed E-state index contributed by atoms with van der Waals surface area (Å²) >= 11 is 0. The molecule has 4 N–H and O–H groups in total. The van der Waals surface area contributed by atoms with E-state index in [1.807, 2.05) is 31.2 Å². The van der Waals surface area contributed by atoms with E-state index in [1.54, 1.807) is 6.92 Å². The molecule has 0 spiro atoms. The van der Waals surface area contributed by atoms with Gasteiger partial charge in [-0.25, -0.2) is 4.98 Å². The van der Waals surface area contributed by atoms with Crippen LogP contribution in [0.25, 0.3) is 10.9 Å². The van der Waals surface area contributed by atoms with E-state index >= 15 is 0 Å². The predicted molar refractivity (Wildman–Crippen MR) is 103 cm³/mol. The lowest BCUT2D eigenvalue weighted by Crippen LogP contribution is -2.83. The second-order valence-corrected chi connectivity index (χ2v) is 8.38. The molecule has 144 valence electrons. The number of nitrogens with one attached hydrogen (secondary N) is 4. The Morgan fingerprint density at radius 2 is 1.86 bits per heavy atom. The van der Waals surface area contributed by atoms with Crippen LogP contribution >= 0.6 is 0 Å². The standard InChI is InChI=1S/C20H22N6O2/c1-11-3-4-13-6-15(22-14(13)5-11)18(28)24-20-8-19(9-20,10-20)23-17(27)7-16-21-12(2)25-26-16/h3-6,22H,7-10H2,1-2H3,(H,23,27)(H,24,28)(H,21,25,26). The normalized spacial score (nSPS) is 25.1. The van der Waals surface area contributed by atoms with Gasteiger partial charge in [-0.05, 0) is 50.8 Å². The van der Waals surface area contributed by atoms with Gasteiger partial charge in [0, 0.05) is 22.0 Å². The maximum Gasteiger partial charge on any atom is 0.268 e. The highest BCUT2D eigenvalue weighted by molar-refractivity contribution is 5.98. The molecular weight excluding hydrogens is 356 g/mol. The van der Waals surface area contributed by atoms with Gasteiger partial charge in [0.05, 0.1) is 6.42 Å². The molecule has 0 unspecified atom stereocenters. The highest BCUT2D eigenvalue weighted by Gasteiger charge is 2.69. The summed E-state index contributed by atoms with van der Waals surface area (Å²) in [6.45, 7) is 3.83. The molecule has 3 saturated carbocycles. The molecule has 6 rings (SSSR count). The van der Waals surface area contributed by atoms with Crippen LogP contribution in [0.2, 0.25) is 0 Å². The van der Waals surface area contributed by atoms with Gasteiger partial charge in [0.1, 0.15) is 11.5 Å². The van der Waals surface area contributed by atoms with Crippen LogP contribution in [-0.4, -0.2) is 43.1 Å². The molecule has 8 heteroatoms. The third-order valence-electron chi connectivity index (χ3n) is 5.80. The molecule has 8 nitrogen and oxygen atoms in total. The molecule has 2 heterocycles. The zero-order chi connectivity index (χ0) is 19.5. The van der Waals surface area contributed by atoms with Crippen molar-refractivity contribution in [3.63, 3.8) is 0 Å². The van der Waals surface area contributed by atoms with Crippen molar-refractivity contribution in [3.05, 3.63) is 47.2 Å². The average molecular weight is 378 g/mol. The van der Waals surface area contributed by atoms with Crippen LogP contribution in [0.5, 0.6) is 0 Å². The molecule has 0 aliphatic heterocycles. The van der Waals surface area contributed by atoms with Gasteiger partial charge in [-0.2, -0.15) is 5.10 Å². The Balaban J connectivity index is 1.17. The molecule has 0 atom stereocenters. The molecule has 3 aliphatic carbocycles. The molecule has 1 aromatic carbocycles. The zero-order valence-corrected chi connectivity index (χ0v) is 15.8. The van der Waals surface area contributed by atoms with Crippen molar-refractivity contribution in [1.29, 1.82) is 0 Å². The zero-order valence-electron chi connectivity index (χ0n) is 15.8. The molecule has 3 aliphatic rings. The smallest absolute Gasteiger partial charge is 0.268 e. The SMILES string of the molecule is Cc1ccc2cc(C(=O)NC34CC(NC(=O)Cc5n[nH]c(C)n5)(C3)C4)[nH]c2c1. The Morgan fingerprint density at radius 1 is 1.11 bits per heavy atom. The number of rotatable bonds is 5. The molecule has 2 aromatic heterocycles. The fraction of sp³-hybridized carbons (Fsp3) is 0.400. The first-order valence-corrected chi connectivity index (χ1v) is 9.45. The van der Waals surface area contributed by atoms with Gasteiger partial charge in [0.15, 0.2) is 5.82 Å². The monoisotopic (exact) mass is 378 g/mol. The fourth-order valence-electron chi connectivity index (χ4n) is 4.68. The number of fused-ring (bicyclic) bond motifs is 1. The van der Waals surface area contributed by atoms with E-state index in [9.17, 15) is 9.59 Å². The Kier molecular flexibility index (Phi) is 3.44. The quantitative estimate of drug-likeness (QED) is 0.540. The lowest BCUT2D eigenvalue weighted by Gasteiger charge is -2.70. The Labute approximate surface area is 161 Å². The minimum atomic E-state index is -0.196. The number of benzene rings is 1. The van der Waals surface area contributed by atoms with E-state index in [-0.39, 0.29) is 29.3 Å². The Morgan fingerprint density at radius 3 is 2.57 bits per heavy atom. The lowest BCUT2D eigenvalue weighted by atomic mass is 9.44. The Hall–Kier alpha value is -3.16. The minimum Gasteiger partial charge on any atom is -0.351 e. The maximum atomic E-state index is 12.7. The predicted octanol–water partition coefficient (Wildman–Crippen LogP) is 1.67.